The number of unbranched alkanes of at least 4 members (excludes halogenated alkanes) is 24. The van der Waals surface area contributed by atoms with E-state index in [2.05, 4.69) is 63.7 Å². The van der Waals surface area contributed by atoms with Gasteiger partial charge in [0.25, 0.3) is 8.53 Å². The first-order chi connectivity index (χ1) is 27.3. The molecular weight excluding hydrogens is 716 g/mol. The Labute approximate surface area is 347 Å². The smallest absolute Gasteiger partial charge is 0.305 e. The molecule has 1 aromatic carbocycles. The van der Waals surface area contributed by atoms with Crippen LogP contribution in [0, 0.1) is 0 Å². The Kier molecular flexibility index (Phi) is 35.4. The van der Waals surface area contributed by atoms with Crippen LogP contribution in [-0.2, 0) is 30.0 Å². The highest BCUT2D eigenvalue weighted by Crippen LogP contribution is 2.46. The fraction of sp³-hybridized carbons (Fsp3) is 0.833. The van der Waals surface area contributed by atoms with Crippen LogP contribution in [0.25, 0.3) is 0 Å². The number of benzene rings is 1. The Bertz CT molecular complexity index is 1020. The number of nitrogens with zero attached hydrogens (tertiary/aromatic N) is 1. The largest absolute Gasteiger partial charge is 0.463 e. The van der Waals surface area contributed by atoms with Gasteiger partial charge in [-0.2, -0.15) is 0 Å². The molecule has 1 N–H and O–H groups in total. The molecule has 1 aromatic rings. The molecule has 8 heteroatoms. The van der Waals surface area contributed by atoms with Crippen LogP contribution in [-0.4, -0.2) is 47.9 Å². The van der Waals surface area contributed by atoms with E-state index in [-0.39, 0.29) is 37.2 Å². The van der Waals surface area contributed by atoms with Gasteiger partial charge in [-0.25, -0.2) is 4.67 Å². The van der Waals surface area contributed by atoms with Crippen LogP contribution in [0.5, 0.6) is 0 Å². The SMILES string of the molecule is CCCCCCCCCCCCCCCC(=O)N[C@H](COC(=O)CCCCCCCCCCCCCCC)COP(OCc1ccccc1)N(C(C)C)C(C)C. The fourth-order valence-electron chi connectivity index (χ4n) is 7.29. The van der Waals surface area contributed by atoms with E-state index in [1.54, 1.807) is 0 Å². The van der Waals surface area contributed by atoms with Crippen LogP contribution in [0.1, 0.15) is 227 Å². The second-order valence-corrected chi connectivity index (χ2v) is 18.2. The zero-order valence-electron chi connectivity index (χ0n) is 37.5. The van der Waals surface area contributed by atoms with E-state index in [1.807, 2.05) is 18.2 Å². The lowest BCUT2D eigenvalue weighted by molar-refractivity contribution is -0.145. The van der Waals surface area contributed by atoms with Gasteiger partial charge in [0.2, 0.25) is 5.91 Å². The van der Waals surface area contributed by atoms with E-state index < -0.39 is 14.6 Å². The minimum atomic E-state index is -1.42. The highest BCUT2D eigenvalue weighted by molar-refractivity contribution is 7.44. The zero-order chi connectivity index (χ0) is 40.9. The van der Waals surface area contributed by atoms with Gasteiger partial charge in [0.15, 0.2) is 0 Å². The maximum atomic E-state index is 13.2. The summed E-state index contributed by atoms with van der Waals surface area (Å²) in [6.45, 7) is 13.9. The van der Waals surface area contributed by atoms with Crippen molar-refractivity contribution in [3.8, 4) is 0 Å². The van der Waals surface area contributed by atoms with Crippen LogP contribution in [0.4, 0.5) is 0 Å². The van der Waals surface area contributed by atoms with E-state index in [4.69, 9.17) is 13.8 Å². The van der Waals surface area contributed by atoms with Gasteiger partial charge in [-0.05, 0) is 46.1 Å². The fourth-order valence-corrected chi connectivity index (χ4v) is 8.95. The van der Waals surface area contributed by atoms with Crippen molar-refractivity contribution in [3.05, 3.63) is 35.9 Å². The van der Waals surface area contributed by atoms with E-state index in [1.165, 1.54) is 141 Å². The van der Waals surface area contributed by atoms with Gasteiger partial charge >= 0.3 is 5.97 Å². The number of rotatable bonds is 40. The molecule has 0 aliphatic heterocycles. The Morgan fingerprint density at radius 2 is 0.964 bits per heavy atom. The van der Waals surface area contributed by atoms with Crippen molar-refractivity contribution in [2.24, 2.45) is 0 Å². The van der Waals surface area contributed by atoms with Gasteiger partial charge in [-0.3, -0.25) is 9.59 Å². The first kappa shape index (κ1) is 52.5. The van der Waals surface area contributed by atoms with Gasteiger partial charge in [-0.1, -0.05) is 198 Å². The normalized spacial score (nSPS) is 12.8. The summed E-state index contributed by atoms with van der Waals surface area (Å²) >= 11 is 0. The molecule has 1 amide bonds. The van der Waals surface area contributed by atoms with Crippen molar-refractivity contribution in [1.29, 1.82) is 0 Å². The molecule has 0 aliphatic rings. The van der Waals surface area contributed by atoms with Crippen molar-refractivity contribution < 1.29 is 23.4 Å². The van der Waals surface area contributed by atoms with Gasteiger partial charge in [-0.15, -0.1) is 0 Å². The molecule has 2 atom stereocenters. The molecule has 0 fully saturated rings. The molecule has 0 saturated carbocycles. The van der Waals surface area contributed by atoms with Crippen LogP contribution in [0.3, 0.4) is 0 Å². The lowest BCUT2D eigenvalue weighted by Gasteiger charge is -2.36. The molecular formula is C48H89N2O5P. The molecule has 7 nitrogen and oxygen atoms in total. The van der Waals surface area contributed by atoms with Crippen molar-refractivity contribution >= 4 is 20.4 Å². The van der Waals surface area contributed by atoms with Crippen molar-refractivity contribution in [3.63, 3.8) is 0 Å². The molecule has 0 bridgehead atoms. The van der Waals surface area contributed by atoms with E-state index in [0.29, 0.717) is 19.4 Å². The predicted octanol–water partition coefficient (Wildman–Crippen LogP) is 14.6. The van der Waals surface area contributed by atoms with Crippen LogP contribution in [0.15, 0.2) is 30.3 Å². The summed E-state index contributed by atoms with van der Waals surface area (Å²) in [5.74, 6) is -0.203. The Balaban J connectivity index is 2.56. The third-order valence-electron chi connectivity index (χ3n) is 10.6. The Morgan fingerprint density at radius 3 is 1.39 bits per heavy atom. The summed E-state index contributed by atoms with van der Waals surface area (Å²) in [6, 6.07) is 10.1. The van der Waals surface area contributed by atoms with E-state index in [9.17, 15) is 9.59 Å². The Morgan fingerprint density at radius 1 is 0.554 bits per heavy atom. The van der Waals surface area contributed by atoms with Gasteiger partial charge in [0.05, 0.1) is 19.3 Å². The standard InChI is InChI=1S/C48H89N2O5P/c1-7-9-11-13-15-17-19-21-23-25-27-29-34-38-47(51)49-46(41-53-48(52)39-35-30-28-26-24-22-20-18-16-14-12-10-8-2)42-55-56(50(43(3)4)44(5)6)54-40-45-36-32-31-33-37-45/h31-33,36-37,43-44,46H,7-30,34-35,38-42H2,1-6H3,(H,49,51)/t46-,56?/m1/s1. The molecule has 0 spiro atoms. The third kappa shape index (κ3) is 30.5. The summed E-state index contributed by atoms with van der Waals surface area (Å²) in [7, 11) is -1.42. The zero-order valence-corrected chi connectivity index (χ0v) is 38.4. The van der Waals surface area contributed by atoms with E-state index in [0.717, 1.165) is 31.2 Å². The quantitative estimate of drug-likeness (QED) is 0.0404. The second-order valence-electron chi connectivity index (χ2n) is 16.8. The molecule has 1 rings (SSSR count). The number of carbonyl (C=O) groups is 2. The number of carbonyl (C=O) groups excluding carboxylic acids is 2. The van der Waals surface area contributed by atoms with Crippen molar-refractivity contribution in [2.75, 3.05) is 13.2 Å². The topological polar surface area (TPSA) is 77.1 Å². The predicted molar refractivity (Wildman–Crippen MR) is 240 cm³/mol. The molecule has 0 heterocycles. The maximum absolute atomic E-state index is 13.2. The molecule has 56 heavy (non-hydrogen) atoms. The molecule has 0 aromatic heterocycles. The summed E-state index contributed by atoms with van der Waals surface area (Å²) in [5.41, 5.74) is 1.08. The maximum Gasteiger partial charge on any atom is 0.305 e. The minimum absolute atomic E-state index is 0.00618. The lowest BCUT2D eigenvalue weighted by Crippen LogP contribution is -2.42. The summed E-state index contributed by atoms with van der Waals surface area (Å²) in [6.07, 6.45) is 34.0. The highest BCUT2D eigenvalue weighted by Gasteiger charge is 2.29. The first-order valence-electron chi connectivity index (χ1n) is 23.6. The van der Waals surface area contributed by atoms with Gasteiger partial charge in [0, 0.05) is 24.9 Å². The molecule has 326 valence electrons. The highest BCUT2D eigenvalue weighted by atomic mass is 31.2. The number of hydrogen-bond donors (Lipinski definition) is 1. The number of amides is 1. The molecule has 1 unspecified atom stereocenters. The number of esters is 1. The third-order valence-corrected chi connectivity index (χ3v) is 12.6. The monoisotopic (exact) mass is 805 g/mol. The van der Waals surface area contributed by atoms with Gasteiger partial charge in [0.1, 0.15) is 6.61 Å². The average molecular weight is 805 g/mol. The first-order valence-corrected chi connectivity index (χ1v) is 24.7. The van der Waals surface area contributed by atoms with Crippen LogP contribution < -0.4 is 5.32 Å². The lowest BCUT2D eigenvalue weighted by atomic mass is 10.0. The molecule has 0 saturated heterocycles. The summed E-state index contributed by atoms with van der Waals surface area (Å²) in [5, 5.41) is 3.15. The van der Waals surface area contributed by atoms with Crippen molar-refractivity contribution in [2.45, 2.75) is 246 Å². The molecule has 0 radical (unpaired) electrons. The number of hydrogen-bond acceptors (Lipinski definition) is 6. The number of nitrogens with one attached hydrogen (secondary N) is 1. The van der Waals surface area contributed by atoms with Crippen LogP contribution in [0.2, 0.25) is 0 Å². The second kappa shape index (κ2) is 37.7. The van der Waals surface area contributed by atoms with Gasteiger partial charge < -0.3 is 19.1 Å². The average Bonchev–Trinajstić information content (AvgIpc) is 3.18. The van der Waals surface area contributed by atoms with Crippen molar-refractivity contribution in [1.82, 2.24) is 9.99 Å². The molecule has 0 aliphatic carbocycles. The number of ether oxygens (including phenoxy) is 1. The summed E-state index contributed by atoms with van der Waals surface area (Å²) < 4.78 is 21.0. The minimum Gasteiger partial charge on any atom is -0.463 e. The van der Waals surface area contributed by atoms with Crippen LogP contribution >= 0.6 is 8.53 Å². The Hall–Kier alpha value is -1.53. The van der Waals surface area contributed by atoms with E-state index >= 15 is 0 Å². The summed E-state index contributed by atoms with van der Waals surface area (Å²) in [4.78, 5) is 26.0.